The summed E-state index contributed by atoms with van der Waals surface area (Å²) in [7, 11) is 0. The van der Waals surface area contributed by atoms with E-state index in [4.69, 9.17) is 4.74 Å². The van der Waals surface area contributed by atoms with Gasteiger partial charge < -0.3 is 4.74 Å². The van der Waals surface area contributed by atoms with Crippen molar-refractivity contribution in [1.29, 1.82) is 0 Å². The van der Waals surface area contributed by atoms with Gasteiger partial charge in [0.25, 0.3) is 0 Å². The predicted molar refractivity (Wildman–Crippen MR) is 54.7 cm³/mol. The Hall–Kier alpha value is -1.57. The second kappa shape index (κ2) is 3.66. The van der Waals surface area contributed by atoms with Crippen LogP contribution >= 0.6 is 0 Å². The Balaban J connectivity index is 2.30. The fraction of sp³-hybridized carbons (Fsp3) is 0.250. The highest BCUT2D eigenvalue weighted by Gasteiger charge is 2.11. The molecule has 0 spiro atoms. The van der Waals surface area contributed by atoms with Gasteiger partial charge in [0.2, 0.25) is 0 Å². The molecule has 0 bridgehead atoms. The van der Waals surface area contributed by atoms with E-state index in [1.165, 1.54) is 5.56 Å². The van der Waals surface area contributed by atoms with Gasteiger partial charge in [0.15, 0.2) is 0 Å². The molecule has 14 heavy (non-hydrogen) atoms. The zero-order valence-corrected chi connectivity index (χ0v) is 8.12. The first-order chi connectivity index (χ1) is 6.75. The lowest BCUT2D eigenvalue weighted by atomic mass is 10.0. The van der Waals surface area contributed by atoms with Crippen molar-refractivity contribution in [1.82, 2.24) is 0 Å². The van der Waals surface area contributed by atoms with Gasteiger partial charge in [0.05, 0.1) is 6.61 Å². The second-order valence-electron chi connectivity index (χ2n) is 3.45. The van der Waals surface area contributed by atoms with Crippen molar-refractivity contribution in [2.45, 2.75) is 13.3 Å². The first-order valence-corrected chi connectivity index (χ1v) is 4.70. The van der Waals surface area contributed by atoms with Crippen LogP contribution in [0.2, 0.25) is 0 Å². The van der Waals surface area contributed by atoms with Crippen LogP contribution in [-0.2, 0) is 9.53 Å². The molecule has 2 nitrogen and oxygen atoms in total. The molecule has 72 valence electrons. The topological polar surface area (TPSA) is 26.3 Å². The Kier molecular flexibility index (Phi) is 2.35. The van der Waals surface area contributed by atoms with Crippen LogP contribution in [0.25, 0.3) is 5.57 Å². The van der Waals surface area contributed by atoms with E-state index in [-0.39, 0.29) is 5.97 Å². The first-order valence-electron chi connectivity index (χ1n) is 4.70. The molecule has 1 aliphatic heterocycles. The number of benzene rings is 1. The molecule has 1 aliphatic rings. The van der Waals surface area contributed by atoms with E-state index in [1.807, 2.05) is 19.1 Å². The lowest BCUT2D eigenvalue weighted by Gasteiger charge is -2.13. The van der Waals surface area contributed by atoms with Gasteiger partial charge in [-0.05, 0) is 18.1 Å². The molecule has 0 N–H and O–H groups in total. The van der Waals surface area contributed by atoms with Crippen LogP contribution in [0.4, 0.5) is 0 Å². The molecule has 0 aromatic heterocycles. The summed E-state index contributed by atoms with van der Waals surface area (Å²) in [5.74, 6) is -0.230. The highest BCUT2D eigenvalue weighted by Crippen LogP contribution is 2.21. The second-order valence-corrected chi connectivity index (χ2v) is 3.45. The third-order valence-corrected chi connectivity index (χ3v) is 2.33. The number of carbonyl (C=O) groups excluding carboxylic acids is 1. The number of aryl methyl sites for hydroxylation is 1. The van der Waals surface area contributed by atoms with Gasteiger partial charge in [0, 0.05) is 12.5 Å². The van der Waals surface area contributed by atoms with Gasteiger partial charge in [-0.3, -0.25) is 0 Å². The minimum Gasteiger partial charge on any atom is -0.462 e. The van der Waals surface area contributed by atoms with Crippen molar-refractivity contribution in [2.75, 3.05) is 6.61 Å². The van der Waals surface area contributed by atoms with E-state index < -0.39 is 0 Å². The van der Waals surface area contributed by atoms with E-state index >= 15 is 0 Å². The molecule has 0 saturated heterocycles. The molecule has 1 aromatic carbocycles. The number of cyclic esters (lactones) is 1. The summed E-state index contributed by atoms with van der Waals surface area (Å²) < 4.78 is 4.84. The van der Waals surface area contributed by atoms with Crippen LogP contribution in [0.3, 0.4) is 0 Å². The van der Waals surface area contributed by atoms with Crippen LogP contribution in [0.15, 0.2) is 30.3 Å². The van der Waals surface area contributed by atoms with E-state index in [2.05, 4.69) is 12.1 Å². The number of rotatable bonds is 1. The molecule has 1 heterocycles. The lowest BCUT2D eigenvalue weighted by Crippen LogP contribution is -2.09. The van der Waals surface area contributed by atoms with Crippen LogP contribution in [0.1, 0.15) is 17.5 Å². The SMILES string of the molecule is Cc1ccc(C2=CC(=O)OCC2)cc1. The van der Waals surface area contributed by atoms with Crippen molar-refractivity contribution >= 4 is 11.5 Å². The molecule has 0 unspecified atom stereocenters. The molecular formula is C12H12O2. The maximum atomic E-state index is 11.0. The van der Waals surface area contributed by atoms with Crippen molar-refractivity contribution in [3.63, 3.8) is 0 Å². The van der Waals surface area contributed by atoms with Crippen molar-refractivity contribution in [2.24, 2.45) is 0 Å². The minimum absolute atomic E-state index is 0.230. The maximum absolute atomic E-state index is 11.0. The minimum atomic E-state index is -0.230. The molecule has 0 atom stereocenters. The van der Waals surface area contributed by atoms with E-state index in [0.29, 0.717) is 6.61 Å². The highest BCUT2D eigenvalue weighted by molar-refractivity contribution is 5.92. The summed E-state index contributed by atoms with van der Waals surface area (Å²) >= 11 is 0. The molecule has 0 aliphatic carbocycles. The number of carbonyl (C=O) groups is 1. The predicted octanol–water partition coefficient (Wildman–Crippen LogP) is 2.33. The fourth-order valence-electron chi connectivity index (χ4n) is 1.51. The summed E-state index contributed by atoms with van der Waals surface area (Å²) in [5, 5.41) is 0. The van der Waals surface area contributed by atoms with E-state index in [1.54, 1.807) is 6.08 Å². The normalized spacial score (nSPS) is 16.1. The molecule has 0 saturated carbocycles. The van der Waals surface area contributed by atoms with Crippen LogP contribution in [0, 0.1) is 6.92 Å². The molecule has 2 heteroatoms. The average molecular weight is 188 g/mol. The van der Waals surface area contributed by atoms with E-state index in [9.17, 15) is 4.79 Å². The van der Waals surface area contributed by atoms with Crippen molar-refractivity contribution < 1.29 is 9.53 Å². The standard InChI is InChI=1S/C12H12O2/c1-9-2-4-10(5-3-9)11-6-7-14-12(13)8-11/h2-5,8H,6-7H2,1H3. The van der Waals surface area contributed by atoms with Gasteiger partial charge in [-0.2, -0.15) is 0 Å². The molecular weight excluding hydrogens is 176 g/mol. The third-order valence-electron chi connectivity index (χ3n) is 2.33. The summed E-state index contributed by atoms with van der Waals surface area (Å²) in [4.78, 5) is 11.0. The smallest absolute Gasteiger partial charge is 0.331 e. The van der Waals surface area contributed by atoms with Crippen LogP contribution < -0.4 is 0 Å². The number of ether oxygens (including phenoxy) is 1. The number of hydrogen-bond acceptors (Lipinski definition) is 2. The lowest BCUT2D eigenvalue weighted by molar-refractivity contribution is -0.138. The number of esters is 1. The van der Waals surface area contributed by atoms with Crippen molar-refractivity contribution in [3.8, 4) is 0 Å². The van der Waals surface area contributed by atoms with Crippen LogP contribution in [-0.4, -0.2) is 12.6 Å². The monoisotopic (exact) mass is 188 g/mol. The summed E-state index contributed by atoms with van der Waals surface area (Å²) in [6.45, 7) is 2.55. The quantitative estimate of drug-likeness (QED) is 0.632. The Labute approximate surface area is 83.2 Å². The van der Waals surface area contributed by atoms with Crippen molar-refractivity contribution in [3.05, 3.63) is 41.5 Å². The zero-order chi connectivity index (χ0) is 9.97. The average Bonchev–Trinajstić information content (AvgIpc) is 2.19. The Morgan fingerprint density at radius 2 is 1.93 bits per heavy atom. The first kappa shape index (κ1) is 9.00. The Morgan fingerprint density at radius 3 is 2.57 bits per heavy atom. The molecule has 0 radical (unpaired) electrons. The molecule has 1 aromatic rings. The number of hydrogen-bond donors (Lipinski definition) is 0. The van der Waals surface area contributed by atoms with Gasteiger partial charge in [-0.15, -0.1) is 0 Å². The molecule has 0 fully saturated rings. The van der Waals surface area contributed by atoms with Gasteiger partial charge in [0.1, 0.15) is 0 Å². The van der Waals surface area contributed by atoms with Crippen LogP contribution in [0.5, 0.6) is 0 Å². The maximum Gasteiger partial charge on any atom is 0.331 e. The summed E-state index contributed by atoms with van der Waals surface area (Å²) in [6.07, 6.45) is 2.39. The van der Waals surface area contributed by atoms with Gasteiger partial charge >= 0.3 is 5.97 Å². The van der Waals surface area contributed by atoms with Gasteiger partial charge in [-0.1, -0.05) is 29.8 Å². The third kappa shape index (κ3) is 1.84. The fourth-order valence-corrected chi connectivity index (χ4v) is 1.51. The largest absolute Gasteiger partial charge is 0.462 e. The molecule has 2 rings (SSSR count). The Morgan fingerprint density at radius 1 is 1.21 bits per heavy atom. The highest BCUT2D eigenvalue weighted by atomic mass is 16.5. The molecule has 0 amide bonds. The zero-order valence-electron chi connectivity index (χ0n) is 8.12. The summed E-state index contributed by atoms with van der Waals surface area (Å²) in [5.41, 5.74) is 3.42. The Bertz CT molecular complexity index is 374. The van der Waals surface area contributed by atoms with Gasteiger partial charge in [-0.25, -0.2) is 4.79 Å². The van der Waals surface area contributed by atoms with E-state index in [0.717, 1.165) is 17.6 Å². The summed E-state index contributed by atoms with van der Waals surface area (Å²) in [6, 6.07) is 8.19.